The number of rotatable bonds is 18. The summed E-state index contributed by atoms with van der Waals surface area (Å²) in [6, 6.07) is -0.0157. The zero-order valence-corrected chi connectivity index (χ0v) is 16.9. The fourth-order valence-electron chi connectivity index (χ4n) is 2.73. The number of allylic oxidation sites excluding steroid dienone is 2. The maximum atomic E-state index is 11.5. The second-order valence-corrected chi connectivity index (χ2v) is 7.19. The molecule has 3 heteroatoms. The smallest absolute Gasteiger partial charge is 0.305 e. The molecular formula is C22H43NO2. The molecule has 0 radical (unpaired) electrons. The quantitative estimate of drug-likeness (QED) is 0.179. The molecule has 0 amide bonds. The lowest BCUT2D eigenvalue weighted by Crippen LogP contribution is -2.26. The second-order valence-electron chi connectivity index (χ2n) is 7.19. The van der Waals surface area contributed by atoms with Gasteiger partial charge in [-0.05, 0) is 38.5 Å². The Bertz CT molecular complexity index is 315. The van der Waals surface area contributed by atoms with E-state index in [0.29, 0.717) is 13.0 Å². The van der Waals surface area contributed by atoms with Crippen LogP contribution in [0.5, 0.6) is 0 Å². The Hall–Kier alpha value is -0.830. The van der Waals surface area contributed by atoms with Gasteiger partial charge in [0.05, 0.1) is 0 Å². The van der Waals surface area contributed by atoms with Gasteiger partial charge in [0, 0.05) is 12.5 Å². The molecule has 1 atom stereocenters. The van der Waals surface area contributed by atoms with Crippen molar-refractivity contribution in [1.29, 1.82) is 0 Å². The number of unbranched alkanes of at least 4 members (excludes halogenated alkanes) is 11. The van der Waals surface area contributed by atoms with E-state index < -0.39 is 0 Å². The Morgan fingerprint density at radius 3 is 1.92 bits per heavy atom. The summed E-state index contributed by atoms with van der Waals surface area (Å²) in [7, 11) is 0. The van der Waals surface area contributed by atoms with E-state index >= 15 is 0 Å². The minimum Gasteiger partial charge on any atom is -0.464 e. The third kappa shape index (κ3) is 19.3. The molecule has 0 saturated heterocycles. The van der Waals surface area contributed by atoms with Gasteiger partial charge in [0.25, 0.3) is 0 Å². The lowest BCUT2D eigenvalue weighted by molar-refractivity contribution is -0.144. The number of esters is 1. The van der Waals surface area contributed by atoms with E-state index in [4.69, 9.17) is 10.5 Å². The largest absolute Gasteiger partial charge is 0.464 e. The van der Waals surface area contributed by atoms with Crippen molar-refractivity contribution in [2.24, 2.45) is 5.73 Å². The fourth-order valence-corrected chi connectivity index (χ4v) is 2.73. The van der Waals surface area contributed by atoms with Gasteiger partial charge in [-0.15, -0.1) is 0 Å². The molecule has 0 rings (SSSR count). The Kier molecular flexibility index (Phi) is 18.8. The van der Waals surface area contributed by atoms with E-state index in [1.807, 2.05) is 6.92 Å². The van der Waals surface area contributed by atoms with Crippen LogP contribution in [0.3, 0.4) is 0 Å². The first-order valence-corrected chi connectivity index (χ1v) is 10.8. The topological polar surface area (TPSA) is 52.3 Å². The molecule has 0 aliphatic heterocycles. The maximum Gasteiger partial charge on any atom is 0.305 e. The van der Waals surface area contributed by atoms with Crippen molar-refractivity contribution >= 4 is 5.97 Å². The molecule has 2 N–H and O–H groups in total. The molecule has 0 saturated carbocycles. The minimum atomic E-state index is -0.0958. The SMILES string of the molecule is CCCCCCCCC=CCCCCCCCC(=O)OCC(N)CC. The van der Waals surface area contributed by atoms with Crippen LogP contribution in [0, 0.1) is 0 Å². The van der Waals surface area contributed by atoms with Gasteiger partial charge in [0.15, 0.2) is 0 Å². The van der Waals surface area contributed by atoms with Gasteiger partial charge in [-0.1, -0.05) is 77.4 Å². The average Bonchev–Trinajstić information content (AvgIpc) is 2.62. The van der Waals surface area contributed by atoms with Crippen molar-refractivity contribution in [1.82, 2.24) is 0 Å². The Morgan fingerprint density at radius 1 is 0.840 bits per heavy atom. The number of nitrogens with two attached hydrogens (primary N) is 1. The van der Waals surface area contributed by atoms with E-state index in [0.717, 1.165) is 19.3 Å². The third-order valence-electron chi connectivity index (χ3n) is 4.63. The van der Waals surface area contributed by atoms with E-state index in [2.05, 4.69) is 19.1 Å². The van der Waals surface area contributed by atoms with Gasteiger partial charge >= 0.3 is 5.97 Å². The van der Waals surface area contributed by atoms with Crippen LogP contribution >= 0.6 is 0 Å². The predicted octanol–water partition coefficient (Wildman–Crippen LogP) is 6.30. The average molecular weight is 354 g/mol. The second kappa shape index (κ2) is 19.5. The van der Waals surface area contributed by atoms with Crippen molar-refractivity contribution in [3.8, 4) is 0 Å². The van der Waals surface area contributed by atoms with Crippen LogP contribution < -0.4 is 5.73 Å². The Morgan fingerprint density at radius 2 is 1.36 bits per heavy atom. The summed E-state index contributed by atoms with van der Waals surface area (Å²) in [6.45, 7) is 4.63. The van der Waals surface area contributed by atoms with Crippen LogP contribution in [0.15, 0.2) is 12.2 Å². The van der Waals surface area contributed by atoms with Gasteiger partial charge in [-0.25, -0.2) is 0 Å². The molecule has 3 nitrogen and oxygen atoms in total. The lowest BCUT2D eigenvalue weighted by atomic mass is 10.1. The molecule has 0 fully saturated rings. The van der Waals surface area contributed by atoms with Gasteiger partial charge in [-0.3, -0.25) is 4.79 Å². The van der Waals surface area contributed by atoms with Crippen LogP contribution in [0.4, 0.5) is 0 Å². The molecule has 0 aliphatic rings. The van der Waals surface area contributed by atoms with Crippen LogP contribution in [0.1, 0.15) is 110 Å². The van der Waals surface area contributed by atoms with E-state index in [1.165, 1.54) is 70.6 Å². The van der Waals surface area contributed by atoms with Crippen molar-refractivity contribution in [3.63, 3.8) is 0 Å². The summed E-state index contributed by atoms with van der Waals surface area (Å²) in [4.78, 5) is 11.5. The van der Waals surface area contributed by atoms with Gasteiger partial charge in [-0.2, -0.15) is 0 Å². The van der Waals surface area contributed by atoms with Crippen molar-refractivity contribution < 1.29 is 9.53 Å². The molecule has 0 bridgehead atoms. The minimum absolute atomic E-state index is 0.0157. The highest BCUT2D eigenvalue weighted by molar-refractivity contribution is 5.69. The number of carbonyl (C=O) groups is 1. The first-order valence-electron chi connectivity index (χ1n) is 10.8. The maximum absolute atomic E-state index is 11.5. The van der Waals surface area contributed by atoms with Crippen molar-refractivity contribution in [2.45, 2.75) is 116 Å². The normalized spacial score (nSPS) is 12.6. The summed E-state index contributed by atoms with van der Waals surface area (Å²) < 4.78 is 5.14. The standard InChI is InChI=1S/C22H43NO2/c1-3-5-6-7-8-9-10-11-12-13-14-15-16-17-18-19-22(24)25-20-21(23)4-2/h11-12,21H,3-10,13-20,23H2,1-2H3. The van der Waals surface area contributed by atoms with Gasteiger partial charge in [0.2, 0.25) is 0 Å². The lowest BCUT2D eigenvalue weighted by Gasteiger charge is -2.09. The molecule has 0 aromatic heterocycles. The van der Waals surface area contributed by atoms with Crippen LogP contribution in [-0.4, -0.2) is 18.6 Å². The van der Waals surface area contributed by atoms with Crippen molar-refractivity contribution in [2.75, 3.05) is 6.61 Å². The van der Waals surface area contributed by atoms with Gasteiger partial charge in [0.1, 0.15) is 6.61 Å². The third-order valence-corrected chi connectivity index (χ3v) is 4.63. The predicted molar refractivity (Wildman–Crippen MR) is 109 cm³/mol. The highest BCUT2D eigenvalue weighted by Gasteiger charge is 2.05. The summed E-state index contributed by atoms with van der Waals surface area (Å²) in [5.41, 5.74) is 5.72. The monoisotopic (exact) mass is 353 g/mol. The molecule has 0 aromatic rings. The van der Waals surface area contributed by atoms with Crippen molar-refractivity contribution in [3.05, 3.63) is 12.2 Å². The van der Waals surface area contributed by atoms with E-state index in [-0.39, 0.29) is 12.0 Å². The van der Waals surface area contributed by atoms with Crippen LogP contribution in [-0.2, 0) is 9.53 Å². The molecule has 0 spiro atoms. The molecular weight excluding hydrogens is 310 g/mol. The highest BCUT2D eigenvalue weighted by atomic mass is 16.5. The number of carbonyl (C=O) groups excluding carboxylic acids is 1. The zero-order valence-electron chi connectivity index (χ0n) is 16.9. The number of hydrogen-bond donors (Lipinski definition) is 1. The zero-order chi connectivity index (χ0) is 18.6. The Balaban J connectivity index is 3.22. The van der Waals surface area contributed by atoms with Crippen LogP contribution in [0.2, 0.25) is 0 Å². The Labute approximate surface area is 156 Å². The summed E-state index contributed by atoms with van der Waals surface area (Å²) in [6.07, 6.45) is 22.6. The molecule has 0 aliphatic carbocycles. The summed E-state index contributed by atoms with van der Waals surface area (Å²) in [5.74, 6) is -0.0958. The number of ether oxygens (including phenoxy) is 1. The van der Waals surface area contributed by atoms with Crippen LogP contribution in [0.25, 0.3) is 0 Å². The molecule has 25 heavy (non-hydrogen) atoms. The molecule has 1 unspecified atom stereocenters. The molecule has 0 heterocycles. The molecule has 0 aromatic carbocycles. The summed E-state index contributed by atoms with van der Waals surface area (Å²) >= 11 is 0. The fraction of sp³-hybridized carbons (Fsp3) is 0.864. The van der Waals surface area contributed by atoms with E-state index in [1.54, 1.807) is 0 Å². The molecule has 148 valence electrons. The number of hydrogen-bond acceptors (Lipinski definition) is 3. The first-order chi connectivity index (χ1) is 12.2. The van der Waals surface area contributed by atoms with Gasteiger partial charge < -0.3 is 10.5 Å². The first kappa shape index (κ1) is 24.2. The highest BCUT2D eigenvalue weighted by Crippen LogP contribution is 2.10. The summed E-state index contributed by atoms with van der Waals surface area (Å²) in [5, 5.41) is 0. The van der Waals surface area contributed by atoms with E-state index in [9.17, 15) is 4.79 Å².